The third kappa shape index (κ3) is 1.77. The maximum Gasteiger partial charge on any atom is 0.310 e. The third-order valence-electron chi connectivity index (χ3n) is 3.25. The van der Waals surface area contributed by atoms with Crippen LogP contribution >= 0.6 is 0 Å². The van der Waals surface area contributed by atoms with E-state index in [0.717, 1.165) is 11.1 Å². The van der Waals surface area contributed by atoms with Crippen molar-refractivity contribution in [1.29, 1.82) is 0 Å². The molecule has 2 aromatic rings. The van der Waals surface area contributed by atoms with Crippen LogP contribution in [0.2, 0.25) is 0 Å². The molecule has 0 saturated carbocycles. The lowest BCUT2D eigenvalue weighted by molar-refractivity contribution is 0.258. The van der Waals surface area contributed by atoms with Gasteiger partial charge in [-0.15, -0.1) is 0 Å². The predicted molar refractivity (Wildman–Crippen MR) is 68.5 cm³/mol. The number of rotatable bonds is 2. The van der Waals surface area contributed by atoms with E-state index < -0.39 is 0 Å². The Hall–Kier alpha value is -1.58. The highest BCUT2D eigenvalue weighted by atomic mass is 16.4. The summed E-state index contributed by atoms with van der Waals surface area (Å²) in [5, 5.41) is 9.37. The highest BCUT2D eigenvalue weighted by Gasteiger charge is 2.26. The smallest absolute Gasteiger partial charge is 0.310 e. The Morgan fingerprint density at radius 3 is 2.53 bits per heavy atom. The topological polar surface area (TPSA) is 29.5 Å². The molecule has 1 unspecified atom stereocenters. The fourth-order valence-corrected chi connectivity index (χ4v) is 2.38. The van der Waals surface area contributed by atoms with Gasteiger partial charge in [0.25, 0.3) is 0 Å². The van der Waals surface area contributed by atoms with Crippen LogP contribution in [0.15, 0.2) is 48.5 Å². The molecule has 1 N–H and O–H groups in total. The van der Waals surface area contributed by atoms with E-state index in [1.54, 1.807) is 0 Å². The van der Waals surface area contributed by atoms with Crippen LogP contribution in [0.1, 0.15) is 22.8 Å². The molecule has 0 aliphatic carbocycles. The lowest BCUT2D eigenvalue weighted by Crippen LogP contribution is -2.09. The van der Waals surface area contributed by atoms with Crippen LogP contribution < -0.4 is 5.46 Å². The van der Waals surface area contributed by atoms with E-state index in [-0.39, 0.29) is 12.7 Å². The second kappa shape index (κ2) is 4.36. The van der Waals surface area contributed by atoms with Crippen molar-refractivity contribution in [2.45, 2.75) is 12.7 Å². The first kappa shape index (κ1) is 10.6. The van der Waals surface area contributed by atoms with Crippen LogP contribution in [0, 0.1) is 0 Å². The molecule has 3 heteroatoms. The van der Waals surface area contributed by atoms with Crippen molar-refractivity contribution in [3.63, 3.8) is 0 Å². The summed E-state index contributed by atoms with van der Waals surface area (Å²) in [5.41, 5.74) is 4.47. The van der Waals surface area contributed by atoms with E-state index in [1.807, 2.05) is 36.4 Å². The summed E-state index contributed by atoms with van der Waals surface area (Å²) in [6.45, 7) is 0.0538. The number of benzene rings is 2. The molecule has 0 fully saturated rings. The molecule has 0 aromatic heterocycles. The second-order valence-electron chi connectivity index (χ2n) is 4.25. The number of hydrogen-bond donors (Lipinski definition) is 1. The molecule has 1 atom stereocenters. The van der Waals surface area contributed by atoms with E-state index >= 15 is 0 Å². The molecule has 2 nitrogen and oxygen atoms in total. The van der Waals surface area contributed by atoms with Gasteiger partial charge >= 0.3 is 7.48 Å². The third-order valence-corrected chi connectivity index (χ3v) is 3.25. The van der Waals surface area contributed by atoms with Crippen molar-refractivity contribution in [3.8, 4) is 0 Å². The minimum absolute atomic E-state index is 0.0328. The summed E-state index contributed by atoms with van der Waals surface area (Å²) in [4.78, 5) is 0. The fraction of sp³-hybridized carbons (Fsp3) is 0.143. The van der Waals surface area contributed by atoms with Gasteiger partial charge in [0.05, 0.1) is 12.7 Å². The minimum atomic E-state index is -0.0328. The molecule has 84 valence electrons. The monoisotopic (exact) mass is 224 g/mol. The van der Waals surface area contributed by atoms with Crippen LogP contribution in [0.5, 0.6) is 0 Å². The molecule has 1 aliphatic heterocycles. The van der Waals surface area contributed by atoms with Gasteiger partial charge in [-0.3, -0.25) is 0 Å². The molecule has 0 amide bonds. The molecule has 0 saturated heterocycles. The van der Waals surface area contributed by atoms with Crippen LogP contribution in [0.25, 0.3) is 0 Å². The maximum atomic E-state index is 9.37. The maximum absolute atomic E-state index is 9.37. The Morgan fingerprint density at radius 2 is 1.71 bits per heavy atom. The van der Waals surface area contributed by atoms with Crippen LogP contribution in [-0.2, 0) is 11.3 Å². The Labute approximate surface area is 101 Å². The summed E-state index contributed by atoms with van der Waals surface area (Å²) >= 11 is 0. The highest BCUT2D eigenvalue weighted by Crippen LogP contribution is 2.30. The van der Waals surface area contributed by atoms with Crippen LogP contribution in [0.3, 0.4) is 0 Å². The molecule has 17 heavy (non-hydrogen) atoms. The normalized spacial score (nSPS) is 17.6. The van der Waals surface area contributed by atoms with Crippen molar-refractivity contribution >= 4 is 12.9 Å². The SMILES string of the molecule is OCc1ccccc1C1OBc2ccccc21. The van der Waals surface area contributed by atoms with Crippen molar-refractivity contribution in [2.24, 2.45) is 0 Å². The molecular formula is C14H13BO2. The van der Waals surface area contributed by atoms with E-state index in [2.05, 4.69) is 12.1 Å². The minimum Gasteiger partial charge on any atom is -0.424 e. The first-order chi connectivity index (χ1) is 8.40. The number of fused-ring (bicyclic) bond motifs is 1. The lowest BCUT2D eigenvalue weighted by atomic mass is 9.86. The van der Waals surface area contributed by atoms with Gasteiger partial charge in [-0.2, -0.15) is 0 Å². The molecule has 3 rings (SSSR count). The van der Waals surface area contributed by atoms with Gasteiger partial charge in [0.1, 0.15) is 0 Å². The summed E-state index contributed by atoms with van der Waals surface area (Å²) in [7, 11) is 0.653. The summed E-state index contributed by atoms with van der Waals surface area (Å²) in [6.07, 6.45) is -0.0328. The molecule has 2 aromatic carbocycles. The highest BCUT2D eigenvalue weighted by molar-refractivity contribution is 6.49. The molecular weight excluding hydrogens is 211 g/mol. The van der Waals surface area contributed by atoms with Crippen molar-refractivity contribution in [3.05, 3.63) is 65.2 Å². The average Bonchev–Trinajstić information content (AvgIpc) is 2.82. The van der Waals surface area contributed by atoms with Gasteiger partial charge in [-0.05, 0) is 22.2 Å². The van der Waals surface area contributed by atoms with Gasteiger partial charge in [0, 0.05) is 0 Å². The summed E-state index contributed by atoms with van der Waals surface area (Å²) in [5.74, 6) is 0. The predicted octanol–water partition coefficient (Wildman–Crippen LogP) is 1.28. The first-order valence-corrected chi connectivity index (χ1v) is 5.78. The Bertz CT molecular complexity index is 539. The van der Waals surface area contributed by atoms with Crippen molar-refractivity contribution < 1.29 is 9.76 Å². The molecule has 0 spiro atoms. The lowest BCUT2D eigenvalue weighted by Gasteiger charge is -2.16. The van der Waals surface area contributed by atoms with Gasteiger partial charge in [-0.25, -0.2) is 0 Å². The van der Waals surface area contributed by atoms with Crippen LogP contribution in [0.4, 0.5) is 0 Å². The van der Waals surface area contributed by atoms with Gasteiger partial charge in [-0.1, -0.05) is 48.5 Å². The first-order valence-electron chi connectivity index (χ1n) is 5.78. The van der Waals surface area contributed by atoms with Crippen LogP contribution in [-0.4, -0.2) is 12.6 Å². The second-order valence-corrected chi connectivity index (χ2v) is 4.25. The summed E-state index contributed by atoms with van der Waals surface area (Å²) < 4.78 is 5.84. The Balaban J connectivity index is 2.07. The quantitative estimate of drug-likeness (QED) is 0.778. The zero-order chi connectivity index (χ0) is 11.7. The number of aliphatic hydroxyl groups excluding tert-OH is 1. The molecule has 0 radical (unpaired) electrons. The fourth-order valence-electron chi connectivity index (χ4n) is 2.38. The Kier molecular flexibility index (Phi) is 2.71. The van der Waals surface area contributed by atoms with E-state index in [1.165, 1.54) is 11.0 Å². The van der Waals surface area contributed by atoms with Gasteiger partial charge in [0.15, 0.2) is 0 Å². The van der Waals surface area contributed by atoms with Gasteiger partial charge in [0.2, 0.25) is 0 Å². The average molecular weight is 224 g/mol. The zero-order valence-electron chi connectivity index (χ0n) is 9.47. The van der Waals surface area contributed by atoms with E-state index in [0.29, 0.717) is 7.48 Å². The number of aliphatic hydroxyl groups is 1. The molecule has 1 aliphatic rings. The molecule has 1 heterocycles. The summed E-state index contributed by atoms with van der Waals surface area (Å²) in [6, 6.07) is 16.1. The van der Waals surface area contributed by atoms with E-state index in [4.69, 9.17) is 4.65 Å². The van der Waals surface area contributed by atoms with Gasteiger partial charge < -0.3 is 9.76 Å². The number of hydrogen-bond acceptors (Lipinski definition) is 2. The molecule has 0 bridgehead atoms. The largest absolute Gasteiger partial charge is 0.424 e. The van der Waals surface area contributed by atoms with E-state index in [9.17, 15) is 5.11 Å². The van der Waals surface area contributed by atoms with Crippen molar-refractivity contribution in [1.82, 2.24) is 0 Å². The Morgan fingerprint density at radius 1 is 1.00 bits per heavy atom. The zero-order valence-corrected chi connectivity index (χ0v) is 9.47. The van der Waals surface area contributed by atoms with Crippen molar-refractivity contribution in [2.75, 3.05) is 0 Å². The standard InChI is InChI=1S/C14H13BO2/c16-9-10-5-1-2-6-11(10)14-12-7-3-4-8-13(12)15-17-14/h1-8,14-16H,9H2.